The smallest absolute Gasteiger partial charge is 0.315 e. The molecule has 0 spiro atoms. The zero-order valence-electron chi connectivity index (χ0n) is 19.4. The Bertz CT molecular complexity index is 727. The average molecular weight is 414 g/mol. The molecule has 30 heavy (non-hydrogen) atoms. The SMILES string of the molecule is CC1=CC(CNC(=O)NC(C)C)C(C(C)C)CC1CC(=O)N(C)Cc1ccccc1. The van der Waals surface area contributed by atoms with E-state index in [0.717, 1.165) is 12.0 Å². The van der Waals surface area contributed by atoms with Crippen LogP contribution in [0.15, 0.2) is 42.0 Å². The van der Waals surface area contributed by atoms with Crippen molar-refractivity contribution >= 4 is 11.9 Å². The lowest BCUT2D eigenvalue weighted by Crippen LogP contribution is -2.43. The van der Waals surface area contributed by atoms with Crippen molar-refractivity contribution in [3.63, 3.8) is 0 Å². The van der Waals surface area contributed by atoms with Gasteiger partial charge in [-0.2, -0.15) is 0 Å². The van der Waals surface area contributed by atoms with Gasteiger partial charge in [-0.1, -0.05) is 55.8 Å². The highest BCUT2D eigenvalue weighted by Crippen LogP contribution is 2.39. The Morgan fingerprint density at radius 2 is 1.80 bits per heavy atom. The van der Waals surface area contributed by atoms with Crippen LogP contribution >= 0.6 is 0 Å². The van der Waals surface area contributed by atoms with Gasteiger partial charge in [0.05, 0.1) is 0 Å². The van der Waals surface area contributed by atoms with Gasteiger partial charge in [0.25, 0.3) is 0 Å². The number of amides is 3. The van der Waals surface area contributed by atoms with Crippen molar-refractivity contribution in [2.75, 3.05) is 13.6 Å². The molecule has 0 heterocycles. The number of carbonyl (C=O) groups is 2. The molecule has 0 radical (unpaired) electrons. The predicted octanol–water partition coefficient (Wildman–Crippen LogP) is 4.60. The Kier molecular flexibility index (Phi) is 8.94. The summed E-state index contributed by atoms with van der Waals surface area (Å²) in [7, 11) is 1.89. The molecular weight excluding hydrogens is 374 g/mol. The van der Waals surface area contributed by atoms with E-state index in [2.05, 4.69) is 49.6 Å². The minimum absolute atomic E-state index is 0.113. The number of allylic oxidation sites excluding steroid dienone is 1. The third kappa shape index (κ3) is 7.19. The number of hydrogen-bond acceptors (Lipinski definition) is 2. The van der Waals surface area contributed by atoms with E-state index in [1.165, 1.54) is 5.57 Å². The van der Waals surface area contributed by atoms with Gasteiger partial charge in [0.2, 0.25) is 5.91 Å². The quantitative estimate of drug-likeness (QED) is 0.612. The Labute approximate surface area is 182 Å². The molecule has 1 aliphatic carbocycles. The number of nitrogens with zero attached hydrogens (tertiary/aromatic N) is 1. The molecule has 0 saturated heterocycles. The molecule has 0 bridgehead atoms. The van der Waals surface area contributed by atoms with Crippen LogP contribution in [0.4, 0.5) is 4.79 Å². The van der Waals surface area contributed by atoms with Gasteiger partial charge in [-0.05, 0) is 56.4 Å². The van der Waals surface area contributed by atoms with Crippen molar-refractivity contribution in [3.05, 3.63) is 47.5 Å². The Morgan fingerprint density at radius 1 is 1.13 bits per heavy atom. The fourth-order valence-electron chi connectivity index (χ4n) is 4.34. The third-order valence-corrected chi connectivity index (χ3v) is 6.11. The first-order valence-corrected chi connectivity index (χ1v) is 11.2. The molecule has 0 saturated carbocycles. The van der Waals surface area contributed by atoms with Gasteiger partial charge in [-0.15, -0.1) is 0 Å². The van der Waals surface area contributed by atoms with Gasteiger partial charge in [0.1, 0.15) is 0 Å². The maximum absolute atomic E-state index is 12.9. The first-order valence-electron chi connectivity index (χ1n) is 11.2. The lowest BCUT2D eigenvalue weighted by Gasteiger charge is -2.37. The molecule has 166 valence electrons. The number of benzene rings is 1. The Hall–Kier alpha value is -2.30. The van der Waals surface area contributed by atoms with E-state index in [1.54, 1.807) is 0 Å². The molecule has 1 aliphatic rings. The fraction of sp³-hybridized carbons (Fsp3) is 0.600. The van der Waals surface area contributed by atoms with Crippen LogP contribution < -0.4 is 10.6 Å². The van der Waals surface area contributed by atoms with E-state index in [0.29, 0.717) is 37.3 Å². The molecule has 3 amide bonds. The van der Waals surface area contributed by atoms with E-state index in [4.69, 9.17) is 0 Å². The van der Waals surface area contributed by atoms with Crippen LogP contribution in [0.25, 0.3) is 0 Å². The molecule has 1 aromatic carbocycles. The highest BCUT2D eigenvalue weighted by molar-refractivity contribution is 5.76. The van der Waals surface area contributed by atoms with Crippen molar-refractivity contribution < 1.29 is 9.59 Å². The van der Waals surface area contributed by atoms with Crippen LogP contribution in [0.1, 0.15) is 53.0 Å². The average Bonchev–Trinajstić information content (AvgIpc) is 2.67. The summed E-state index contributed by atoms with van der Waals surface area (Å²) in [5, 5.41) is 5.90. The Balaban J connectivity index is 1.98. The summed E-state index contributed by atoms with van der Waals surface area (Å²) in [6.07, 6.45) is 3.82. The molecule has 3 atom stereocenters. The molecule has 0 aliphatic heterocycles. The first kappa shape index (κ1) is 24.0. The zero-order valence-corrected chi connectivity index (χ0v) is 19.4. The lowest BCUT2D eigenvalue weighted by atomic mass is 9.69. The normalized spacial score (nSPS) is 21.3. The van der Waals surface area contributed by atoms with Crippen molar-refractivity contribution in [2.24, 2.45) is 23.7 Å². The van der Waals surface area contributed by atoms with Crippen LogP contribution in [0.3, 0.4) is 0 Å². The van der Waals surface area contributed by atoms with Crippen LogP contribution in [-0.2, 0) is 11.3 Å². The molecule has 2 rings (SSSR count). The van der Waals surface area contributed by atoms with E-state index in [1.807, 2.05) is 44.0 Å². The maximum Gasteiger partial charge on any atom is 0.315 e. The van der Waals surface area contributed by atoms with Crippen LogP contribution in [-0.4, -0.2) is 36.5 Å². The number of hydrogen-bond donors (Lipinski definition) is 2. The molecule has 1 aromatic rings. The maximum atomic E-state index is 12.9. The third-order valence-electron chi connectivity index (χ3n) is 6.11. The second kappa shape index (κ2) is 11.2. The van der Waals surface area contributed by atoms with Crippen molar-refractivity contribution in [3.8, 4) is 0 Å². The number of nitrogens with one attached hydrogen (secondary N) is 2. The summed E-state index contributed by atoms with van der Waals surface area (Å²) in [4.78, 5) is 26.7. The van der Waals surface area contributed by atoms with Gasteiger partial charge in [0, 0.05) is 32.6 Å². The summed E-state index contributed by atoms with van der Waals surface area (Å²) in [5.41, 5.74) is 2.42. The summed E-state index contributed by atoms with van der Waals surface area (Å²) in [6, 6.07) is 10.1. The largest absolute Gasteiger partial charge is 0.341 e. The highest BCUT2D eigenvalue weighted by atomic mass is 16.2. The minimum Gasteiger partial charge on any atom is -0.341 e. The predicted molar refractivity (Wildman–Crippen MR) is 123 cm³/mol. The first-order chi connectivity index (χ1) is 14.2. The molecule has 5 nitrogen and oxygen atoms in total. The fourth-order valence-corrected chi connectivity index (χ4v) is 4.34. The monoisotopic (exact) mass is 413 g/mol. The standard InChI is InChI=1S/C25H39N3O2/c1-17(2)23-13-21(14-24(29)28(6)16-20-10-8-7-9-11-20)19(5)12-22(23)15-26-25(30)27-18(3)4/h7-12,17-18,21-23H,13-16H2,1-6H3,(H2,26,27,30). The summed E-state index contributed by atoms with van der Waals surface area (Å²) in [6.45, 7) is 11.8. The van der Waals surface area contributed by atoms with E-state index in [-0.39, 0.29) is 23.9 Å². The van der Waals surface area contributed by atoms with E-state index in [9.17, 15) is 9.59 Å². The van der Waals surface area contributed by atoms with Crippen LogP contribution in [0, 0.1) is 23.7 Å². The van der Waals surface area contributed by atoms with Gasteiger partial charge < -0.3 is 15.5 Å². The highest BCUT2D eigenvalue weighted by Gasteiger charge is 2.33. The number of carbonyl (C=O) groups excluding carboxylic acids is 2. The summed E-state index contributed by atoms with van der Waals surface area (Å²) < 4.78 is 0. The second-order valence-electron chi connectivity index (χ2n) is 9.36. The topological polar surface area (TPSA) is 61.4 Å². The van der Waals surface area contributed by atoms with E-state index >= 15 is 0 Å². The van der Waals surface area contributed by atoms with Crippen molar-refractivity contribution in [2.45, 2.75) is 60.0 Å². The van der Waals surface area contributed by atoms with Gasteiger partial charge >= 0.3 is 6.03 Å². The van der Waals surface area contributed by atoms with E-state index < -0.39 is 0 Å². The molecule has 3 unspecified atom stereocenters. The molecule has 0 aromatic heterocycles. The number of rotatable bonds is 8. The lowest BCUT2D eigenvalue weighted by molar-refractivity contribution is -0.131. The zero-order chi connectivity index (χ0) is 22.3. The Morgan fingerprint density at radius 3 is 2.40 bits per heavy atom. The second-order valence-corrected chi connectivity index (χ2v) is 9.36. The van der Waals surface area contributed by atoms with Crippen LogP contribution in [0.5, 0.6) is 0 Å². The van der Waals surface area contributed by atoms with Crippen molar-refractivity contribution in [1.29, 1.82) is 0 Å². The van der Waals surface area contributed by atoms with Gasteiger partial charge in [-0.3, -0.25) is 4.79 Å². The van der Waals surface area contributed by atoms with Crippen LogP contribution in [0.2, 0.25) is 0 Å². The summed E-state index contributed by atoms with van der Waals surface area (Å²) in [5.74, 6) is 1.70. The van der Waals surface area contributed by atoms with Crippen molar-refractivity contribution in [1.82, 2.24) is 15.5 Å². The summed E-state index contributed by atoms with van der Waals surface area (Å²) >= 11 is 0. The molecule has 0 fully saturated rings. The minimum atomic E-state index is -0.113. The van der Waals surface area contributed by atoms with Gasteiger partial charge in [-0.25, -0.2) is 4.79 Å². The van der Waals surface area contributed by atoms with Gasteiger partial charge in [0.15, 0.2) is 0 Å². The molecule has 5 heteroatoms. The molecule has 2 N–H and O–H groups in total. The number of urea groups is 1. The molecular formula is C25H39N3O2.